The number of carbonyl (C=O) groups is 3. The van der Waals surface area contributed by atoms with Crippen LogP contribution in [0.3, 0.4) is 0 Å². The number of Topliss-reactive ketones (excluding diaryl/α,β-unsaturated/α-hetero) is 2. The molecule has 0 radical (unpaired) electrons. The number of hydrogen-bond acceptors (Lipinski definition) is 12. The Morgan fingerprint density at radius 2 is 1.10 bits per heavy atom. The van der Waals surface area contributed by atoms with Crippen molar-refractivity contribution in [3.05, 3.63) is 136 Å². The number of rotatable bonds is 22. The molecule has 2 atom stereocenters. The van der Waals surface area contributed by atoms with Gasteiger partial charge in [-0.3, -0.25) is 33.5 Å². The number of aliphatic imine (C=N–C) groups is 2. The lowest BCUT2D eigenvalue weighted by molar-refractivity contribution is -0.121. The molecule has 2 aromatic heterocycles. The molecule has 0 saturated heterocycles. The maximum Gasteiger partial charge on any atom is 0.222 e. The highest BCUT2D eigenvalue weighted by Gasteiger charge is 2.32. The second-order valence-electron chi connectivity index (χ2n) is 17.4. The van der Waals surface area contributed by atoms with Crippen LogP contribution in [-0.4, -0.2) is 84.9 Å². The fourth-order valence-corrected chi connectivity index (χ4v) is 9.91. The van der Waals surface area contributed by atoms with E-state index in [-0.39, 0.29) is 30.3 Å². The minimum Gasteiger partial charge on any atom is -0.497 e. The molecule has 6 aromatic rings. The number of nitrogens with one attached hydrogen (secondary N) is 1. The number of nitrogens with zero attached hydrogens (tertiary/aromatic N) is 8. The zero-order chi connectivity index (χ0) is 48.4. The van der Waals surface area contributed by atoms with Crippen LogP contribution in [-0.2, 0) is 14.4 Å². The van der Waals surface area contributed by atoms with E-state index in [2.05, 4.69) is 25.7 Å². The Bertz CT molecular complexity index is 2870. The van der Waals surface area contributed by atoms with E-state index in [0.717, 1.165) is 101 Å². The summed E-state index contributed by atoms with van der Waals surface area (Å²) in [5.74, 6) is 4.74. The van der Waals surface area contributed by atoms with E-state index in [1.807, 2.05) is 115 Å². The molecule has 0 aliphatic carbocycles. The summed E-state index contributed by atoms with van der Waals surface area (Å²) in [7, 11) is 3.27. The highest BCUT2D eigenvalue weighted by Crippen LogP contribution is 2.37. The van der Waals surface area contributed by atoms with Gasteiger partial charge in [-0.2, -0.15) is 0 Å². The molecule has 4 heterocycles. The molecule has 69 heavy (non-hydrogen) atoms. The van der Waals surface area contributed by atoms with E-state index in [1.165, 1.54) is 11.8 Å². The Kier molecular flexibility index (Phi) is 16.2. The number of ketones is 2. The van der Waals surface area contributed by atoms with Crippen molar-refractivity contribution in [2.45, 2.75) is 108 Å². The van der Waals surface area contributed by atoms with Crippen molar-refractivity contribution in [3.63, 3.8) is 0 Å². The lowest BCUT2D eigenvalue weighted by atomic mass is 9.99. The van der Waals surface area contributed by atoms with Gasteiger partial charge in [0.15, 0.2) is 11.6 Å². The smallest absolute Gasteiger partial charge is 0.222 e. The molecule has 0 unspecified atom stereocenters. The molecule has 0 spiro atoms. The normalized spacial score (nSPS) is 14.8. The average molecular weight is 969 g/mol. The first-order valence-corrected chi connectivity index (χ1v) is 25.1. The van der Waals surface area contributed by atoms with E-state index in [1.54, 1.807) is 14.2 Å². The zero-order valence-electron chi connectivity index (χ0n) is 39.8. The quantitative estimate of drug-likeness (QED) is 0.0511. The van der Waals surface area contributed by atoms with Gasteiger partial charge in [0.05, 0.1) is 49.2 Å². The van der Waals surface area contributed by atoms with Crippen molar-refractivity contribution in [2.24, 2.45) is 9.98 Å². The number of amides is 1. The molecule has 8 rings (SSSR count). The monoisotopic (exact) mass is 967 g/mol. The summed E-state index contributed by atoms with van der Waals surface area (Å²) in [6.45, 7) is 6.22. The summed E-state index contributed by atoms with van der Waals surface area (Å²) < 4.78 is 15.2. The summed E-state index contributed by atoms with van der Waals surface area (Å²) in [4.78, 5) is 50.6. The van der Waals surface area contributed by atoms with Crippen molar-refractivity contribution in [1.82, 2.24) is 34.8 Å². The van der Waals surface area contributed by atoms with Gasteiger partial charge in [0.2, 0.25) is 5.91 Å². The summed E-state index contributed by atoms with van der Waals surface area (Å²) >= 11 is 7.79. The fourth-order valence-electron chi connectivity index (χ4n) is 8.98. The van der Waals surface area contributed by atoms with E-state index >= 15 is 0 Å². The molecule has 2 aliphatic rings. The number of fused-ring (bicyclic) bond motifs is 6. The van der Waals surface area contributed by atoms with Gasteiger partial charge in [0.25, 0.3) is 0 Å². The molecule has 2 aliphatic heterocycles. The Hall–Kier alpha value is -6.45. The van der Waals surface area contributed by atoms with Gasteiger partial charge in [0.1, 0.15) is 46.8 Å². The van der Waals surface area contributed by atoms with E-state index < -0.39 is 12.1 Å². The summed E-state index contributed by atoms with van der Waals surface area (Å²) in [6.07, 6.45) is 8.21. The van der Waals surface area contributed by atoms with Crippen LogP contribution in [0, 0.1) is 13.8 Å². The molecular weight excluding hydrogens is 910 g/mol. The minimum absolute atomic E-state index is 0.111. The number of benzene rings is 4. The zero-order valence-corrected chi connectivity index (χ0v) is 41.4. The van der Waals surface area contributed by atoms with Crippen LogP contribution in [0.15, 0.2) is 99.8 Å². The second-order valence-corrected chi connectivity index (χ2v) is 18.9. The Morgan fingerprint density at radius 1 is 0.623 bits per heavy atom. The molecule has 0 bridgehead atoms. The van der Waals surface area contributed by atoms with Crippen molar-refractivity contribution in [1.29, 1.82) is 0 Å². The number of aromatic nitrogens is 6. The van der Waals surface area contributed by atoms with Crippen molar-refractivity contribution < 1.29 is 23.9 Å². The maximum atomic E-state index is 13.5. The van der Waals surface area contributed by atoms with Gasteiger partial charge in [-0.15, -0.1) is 32.2 Å². The van der Waals surface area contributed by atoms with E-state index in [0.29, 0.717) is 59.1 Å². The van der Waals surface area contributed by atoms with E-state index in [9.17, 15) is 14.4 Å². The topological polar surface area (TPSA) is 168 Å². The number of unbranched alkanes of at least 4 members (excludes halogenated alkanes) is 6. The first-order valence-electron chi connectivity index (χ1n) is 23.7. The standard InChI is InChI=1S/C53H58ClN9O5S/c1-6-55-49(66)31-46-53-61-59-34(3)63(53)48-27-23-41(68-5)30-44(48)51(57-46)36-18-24-42(25-19-36)69-32-39(65)15-13-11-9-7-8-10-12-14-38(64)28-45-52-60-58-33(2)62(52)47-26-22-40(67-4)29-43(47)50(56-45)35-16-20-37(54)21-17-35/h16-27,29-30,45-46H,6-15,28,31-32H2,1-5H3,(H,55,66)/t45-,46-/m0/s1. The number of thioether (sulfide) groups is 1. The lowest BCUT2D eigenvalue weighted by Gasteiger charge is -2.14. The van der Waals surface area contributed by atoms with Crippen LogP contribution in [0.4, 0.5) is 0 Å². The van der Waals surface area contributed by atoms with Crippen molar-refractivity contribution in [3.8, 4) is 22.9 Å². The fraction of sp³-hybridized carbons (Fsp3) is 0.377. The number of halogens is 1. The summed E-state index contributed by atoms with van der Waals surface area (Å²) in [6, 6.07) is 26.3. The van der Waals surface area contributed by atoms with Gasteiger partial charge in [0, 0.05) is 58.0 Å². The Labute approximate surface area is 412 Å². The van der Waals surface area contributed by atoms with Crippen molar-refractivity contribution in [2.75, 3.05) is 26.5 Å². The van der Waals surface area contributed by atoms with Crippen LogP contribution >= 0.6 is 23.4 Å². The number of methoxy groups -OCH3 is 2. The molecule has 1 amide bonds. The van der Waals surface area contributed by atoms with Gasteiger partial charge in [-0.25, -0.2) is 0 Å². The van der Waals surface area contributed by atoms with Crippen LogP contribution in [0.1, 0.15) is 135 Å². The first kappa shape index (κ1) is 49.0. The third kappa shape index (κ3) is 11.5. The van der Waals surface area contributed by atoms with Gasteiger partial charge >= 0.3 is 0 Å². The third-order valence-corrected chi connectivity index (χ3v) is 13.8. The largest absolute Gasteiger partial charge is 0.497 e. The maximum absolute atomic E-state index is 13.5. The number of hydrogen-bond donors (Lipinski definition) is 1. The van der Waals surface area contributed by atoms with Crippen LogP contribution in [0.25, 0.3) is 11.4 Å². The highest BCUT2D eigenvalue weighted by molar-refractivity contribution is 8.00. The molecular formula is C53H58ClN9O5S. The van der Waals surface area contributed by atoms with Crippen LogP contribution < -0.4 is 14.8 Å². The third-order valence-electron chi connectivity index (χ3n) is 12.5. The molecule has 14 nitrogen and oxygen atoms in total. The lowest BCUT2D eigenvalue weighted by Crippen LogP contribution is -2.25. The highest BCUT2D eigenvalue weighted by atomic mass is 35.5. The molecule has 0 saturated carbocycles. The van der Waals surface area contributed by atoms with Crippen molar-refractivity contribution >= 4 is 52.3 Å². The minimum atomic E-state index is -0.551. The van der Waals surface area contributed by atoms with Gasteiger partial charge < -0.3 is 14.8 Å². The average Bonchev–Trinajstić information content (AvgIpc) is 3.86. The molecule has 16 heteroatoms. The predicted molar refractivity (Wildman–Crippen MR) is 270 cm³/mol. The number of carbonyl (C=O) groups excluding carboxylic acids is 3. The number of ether oxygens (including phenoxy) is 2. The second kappa shape index (κ2) is 22.8. The number of aryl methyl sites for hydroxylation is 2. The first-order chi connectivity index (χ1) is 33.5. The molecule has 4 aromatic carbocycles. The molecule has 358 valence electrons. The van der Waals surface area contributed by atoms with E-state index in [4.69, 9.17) is 31.1 Å². The van der Waals surface area contributed by atoms with Crippen LogP contribution in [0.2, 0.25) is 5.02 Å². The van der Waals surface area contributed by atoms with Gasteiger partial charge in [-0.1, -0.05) is 68.0 Å². The SMILES string of the molecule is CCNC(=O)C[C@@H]1N=C(c2ccc(SCC(=O)CCCCCCCCCC(=O)C[C@@H]3N=C(c4ccc(Cl)cc4)c4cc(OC)ccc4-n4c(C)nnc43)cc2)c2cc(OC)ccc2-n2c(C)nnc21. The molecule has 1 N–H and O–H groups in total. The summed E-state index contributed by atoms with van der Waals surface area (Å²) in [5, 5.41) is 21.2. The molecule has 0 fully saturated rings. The Balaban J connectivity index is 0.783. The Morgan fingerprint density at radius 3 is 1.61 bits per heavy atom. The summed E-state index contributed by atoms with van der Waals surface area (Å²) in [5.41, 5.74) is 6.71. The predicted octanol–water partition coefficient (Wildman–Crippen LogP) is 10.3. The van der Waals surface area contributed by atoms with Crippen LogP contribution in [0.5, 0.6) is 11.5 Å². The van der Waals surface area contributed by atoms with Gasteiger partial charge in [-0.05, 0) is 94.3 Å².